The third-order valence-electron chi connectivity index (χ3n) is 1.97. The molecule has 3 heteroatoms. The highest BCUT2D eigenvalue weighted by Crippen LogP contribution is 2.04. The van der Waals surface area contributed by atoms with Crippen molar-refractivity contribution in [3.63, 3.8) is 0 Å². The maximum Gasteiger partial charge on any atom is 0.0595 e. The van der Waals surface area contributed by atoms with Crippen molar-refractivity contribution in [2.24, 2.45) is 17.6 Å². The Morgan fingerprint density at radius 3 is 1.71 bits per heavy atom. The average Bonchev–Trinajstić information content (AvgIpc) is 2.01. The van der Waals surface area contributed by atoms with E-state index < -0.39 is 0 Å². The van der Waals surface area contributed by atoms with E-state index in [2.05, 4.69) is 32.6 Å². The highest BCUT2D eigenvalue weighted by atomic mass is 16.3. The molecule has 0 aromatic carbocycles. The van der Waals surface area contributed by atoms with Crippen molar-refractivity contribution >= 4 is 0 Å². The number of nitrogens with zero attached hydrogens (tertiary/aromatic N) is 1. The standard InChI is InChI=1S/C11H26N2O/c1-9(2)5-13(6-10(3)4)7-11(12)8-14/h9-11,14H,5-8,12H2,1-4H3. The molecule has 0 bridgehead atoms. The van der Waals surface area contributed by atoms with E-state index in [1.165, 1.54) is 0 Å². The third-order valence-corrected chi connectivity index (χ3v) is 1.97. The van der Waals surface area contributed by atoms with Gasteiger partial charge in [-0.15, -0.1) is 0 Å². The lowest BCUT2D eigenvalue weighted by molar-refractivity contribution is 0.175. The van der Waals surface area contributed by atoms with E-state index in [4.69, 9.17) is 10.8 Å². The molecule has 0 saturated heterocycles. The van der Waals surface area contributed by atoms with Gasteiger partial charge in [-0.3, -0.25) is 0 Å². The van der Waals surface area contributed by atoms with Crippen LogP contribution >= 0.6 is 0 Å². The Hall–Kier alpha value is -0.120. The van der Waals surface area contributed by atoms with Gasteiger partial charge in [-0.2, -0.15) is 0 Å². The molecule has 0 radical (unpaired) electrons. The molecular formula is C11H26N2O. The molecule has 0 fully saturated rings. The number of aliphatic hydroxyl groups is 1. The van der Waals surface area contributed by atoms with E-state index >= 15 is 0 Å². The largest absolute Gasteiger partial charge is 0.395 e. The molecule has 0 aromatic rings. The zero-order valence-corrected chi connectivity index (χ0v) is 10.0. The third kappa shape index (κ3) is 7.30. The first-order chi connectivity index (χ1) is 6.45. The fourth-order valence-corrected chi connectivity index (χ4v) is 1.65. The zero-order valence-electron chi connectivity index (χ0n) is 10.0. The summed E-state index contributed by atoms with van der Waals surface area (Å²) in [7, 11) is 0. The smallest absolute Gasteiger partial charge is 0.0595 e. The van der Waals surface area contributed by atoms with Crippen molar-refractivity contribution in [2.75, 3.05) is 26.2 Å². The van der Waals surface area contributed by atoms with Crippen LogP contribution < -0.4 is 5.73 Å². The number of nitrogens with two attached hydrogens (primary N) is 1. The molecule has 0 rings (SSSR count). The number of hydrogen-bond donors (Lipinski definition) is 2. The molecule has 3 N–H and O–H groups in total. The van der Waals surface area contributed by atoms with Crippen molar-refractivity contribution in [1.29, 1.82) is 0 Å². The summed E-state index contributed by atoms with van der Waals surface area (Å²) in [5.41, 5.74) is 5.73. The van der Waals surface area contributed by atoms with Gasteiger partial charge in [-0.05, 0) is 11.8 Å². The zero-order chi connectivity index (χ0) is 11.1. The molecule has 0 aromatic heterocycles. The monoisotopic (exact) mass is 202 g/mol. The van der Waals surface area contributed by atoms with Crippen LogP contribution in [0.25, 0.3) is 0 Å². The predicted molar refractivity (Wildman–Crippen MR) is 61.2 cm³/mol. The minimum Gasteiger partial charge on any atom is -0.395 e. The van der Waals surface area contributed by atoms with Gasteiger partial charge in [-0.1, -0.05) is 27.7 Å². The van der Waals surface area contributed by atoms with Gasteiger partial charge in [0.1, 0.15) is 0 Å². The second kappa shape index (κ2) is 7.21. The van der Waals surface area contributed by atoms with Crippen LogP contribution in [0, 0.1) is 11.8 Å². The molecule has 0 spiro atoms. The minimum absolute atomic E-state index is 0.0761. The van der Waals surface area contributed by atoms with Crippen LogP contribution in [0.2, 0.25) is 0 Å². The Balaban J connectivity index is 3.96. The maximum absolute atomic E-state index is 8.90. The van der Waals surface area contributed by atoms with Crippen molar-refractivity contribution < 1.29 is 5.11 Å². The van der Waals surface area contributed by atoms with Gasteiger partial charge in [0, 0.05) is 25.7 Å². The topological polar surface area (TPSA) is 49.5 Å². The van der Waals surface area contributed by atoms with Gasteiger partial charge >= 0.3 is 0 Å². The Morgan fingerprint density at radius 1 is 1.00 bits per heavy atom. The first-order valence-corrected chi connectivity index (χ1v) is 5.54. The first-order valence-electron chi connectivity index (χ1n) is 5.54. The summed E-state index contributed by atoms with van der Waals surface area (Å²) in [6.07, 6.45) is 0. The lowest BCUT2D eigenvalue weighted by Gasteiger charge is -2.28. The van der Waals surface area contributed by atoms with E-state index in [0.29, 0.717) is 11.8 Å². The van der Waals surface area contributed by atoms with Crippen molar-refractivity contribution in [3.05, 3.63) is 0 Å². The molecule has 0 heterocycles. The van der Waals surface area contributed by atoms with E-state index in [1.54, 1.807) is 0 Å². The van der Waals surface area contributed by atoms with Gasteiger partial charge < -0.3 is 15.7 Å². The van der Waals surface area contributed by atoms with Gasteiger partial charge in [0.25, 0.3) is 0 Å². The Labute approximate surface area is 88.3 Å². The van der Waals surface area contributed by atoms with Crippen molar-refractivity contribution in [2.45, 2.75) is 33.7 Å². The summed E-state index contributed by atoms with van der Waals surface area (Å²) in [5.74, 6) is 1.30. The maximum atomic E-state index is 8.90. The summed E-state index contributed by atoms with van der Waals surface area (Å²) in [4.78, 5) is 2.34. The Morgan fingerprint density at radius 2 is 1.43 bits per heavy atom. The Bertz CT molecular complexity index is 127. The van der Waals surface area contributed by atoms with E-state index in [1.807, 2.05) is 0 Å². The second-order valence-electron chi connectivity index (χ2n) is 4.95. The summed E-state index contributed by atoms with van der Waals surface area (Å²) < 4.78 is 0. The lowest BCUT2D eigenvalue weighted by Crippen LogP contribution is -2.42. The van der Waals surface area contributed by atoms with Gasteiger partial charge in [0.15, 0.2) is 0 Å². The Kier molecular flexibility index (Phi) is 7.15. The number of hydrogen-bond acceptors (Lipinski definition) is 3. The molecule has 3 nitrogen and oxygen atoms in total. The van der Waals surface area contributed by atoms with Crippen LogP contribution in [-0.4, -0.2) is 42.3 Å². The second-order valence-corrected chi connectivity index (χ2v) is 4.95. The van der Waals surface area contributed by atoms with Crippen LogP contribution in [0.3, 0.4) is 0 Å². The molecular weight excluding hydrogens is 176 g/mol. The first kappa shape index (κ1) is 13.9. The molecule has 0 aliphatic heterocycles. The lowest BCUT2D eigenvalue weighted by atomic mass is 10.1. The quantitative estimate of drug-likeness (QED) is 0.645. The molecule has 0 amide bonds. The molecule has 0 aliphatic carbocycles. The average molecular weight is 202 g/mol. The molecule has 0 saturated carbocycles. The molecule has 1 unspecified atom stereocenters. The summed E-state index contributed by atoms with van der Waals surface area (Å²) in [6.45, 7) is 11.8. The van der Waals surface area contributed by atoms with E-state index in [9.17, 15) is 0 Å². The minimum atomic E-state index is -0.104. The summed E-state index contributed by atoms with van der Waals surface area (Å²) >= 11 is 0. The van der Waals surface area contributed by atoms with Crippen LogP contribution in [0.1, 0.15) is 27.7 Å². The predicted octanol–water partition coefficient (Wildman–Crippen LogP) is 0.920. The van der Waals surface area contributed by atoms with Crippen LogP contribution in [-0.2, 0) is 0 Å². The number of rotatable bonds is 7. The summed E-state index contributed by atoms with van der Waals surface area (Å²) in [5, 5.41) is 8.90. The van der Waals surface area contributed by atoms with Gasteiger partial charge in [-0.25, -0.2) is 0 Å². The number of aliphatic hydroxyl groups excluding tert-OH is 1. The van der Waals surface area contributed by atoms with Crippen LogP contribution in [0.15, 0.2) is 0 Å². The molecule has 86 valence electrons. The SMILES string of the molecule is CC(C)CN(CC(C)C)CC(N)CO. The fourth-order valence-electron chi connectivity index (χ4n) is 1.65. The summed E-state index contributed by atoms with van der Waals surface area (Å²) in [6, 6.07) is -0.104. The highest BCUT2D eigenvalue weighted by molar-refractivity contribution is 4.69. The van der Waals surface area contributed by atoms with Crippen LogP contribution in [0.4, 0.5) is 0 Å². The molecule has 0 aliphatic rings. The highest BCUT2D eigenvalue weighted by Gasteiger charge is 2.12. The van der Waals surface area contributed by atoms with Crippen LogP contribution in [0.5, 0.6) is 0 Å². The normalized spacial score (nSPS) is 14.4. The van der Waals surface area contributed by atoms with Crippen molar-refractivity contribution in [3.8, 4) is 0 Å². The van der Waals surface area contributed by atoms with E-state index in [0.717, 1.165) is 19.6 Å². The fraction of sp³-hybridized carbons (Fsp3) is 1.00. The van der Waals surface area contributed by atoms with Gasteiger partial charge in [0.2, 0.25) is 0 Å². The molecule has 14 heavy (non-hydrogen) atoms. The molecule has 1 atom stereocenters. The van der Waals surface area contributed by atoms with E-state index in [-0.39, 0.29) is 12.6 Å². The van der Waals surface area contributed by atoms with Gasteiger partial charge in [0.05, 0.1) is 6.61 Å². The van der Waals surface area contributed by atoms with Crippen molar-refractivity contribution in [1.82, 2.24) is 4.90 Å².